The van der Waals surface area contributed by atoms with Crippen LogP contribution in [0.4, 0.5) is 0 Å². The molecule has 0 radical (unpaired) electrons. The van der Waals surface area contributed by atoms with Gasteiger partial charge in [0.25, 0.3) is 0 Å². The Morgan fingerprint density at radius 1 is 1.25 bits per heavy atom. The summed E-state index contributed by atoms with van der Waals surface area (Å²) >= 11 is 0. The number of rotatable bonds is 5. The summed E-state index contributed by atoms with van der Waals surface area (Å²) < 4.78 is 17.1. The Kier molecular flexibility index (Phi) is 5.15. The molecule has 0 spiro atoms. The third kappa shape index (κ3) is 3.59. The minimum Gasteiger partial charge on any atom is -0.496 e. The minimum atomic E-state index is 0.161. The standard InChI is InChI=1S/C18H23N3O3/c1-13(15-5-6-19-12-20-15)21(2)11-14-9-17-18(10-16(14)22-3)24-8-4-7-23-17/h5-6,9-10,12-13H,4,7-8,11H2,1-3H3/t13-/m1/s1. The van der Waals surface area contributed by atoms with Crippen molar-refractivity contribution in [3.05, 3.63) is 42.0 Å². The van der Waals surface area contributed by atoms with Crippen LogP contribution in [0.2, 0.25) is 0 Å². The fraction of sp³-hybridized carbons (Fsp3) is 0.444. The van der Waals surface area contributed by atoms with Gasteiger partial charge in [0.05, 0.1) is 26.0 Å². The van der Waals surface area contributed by atoms with E-state index in [-0.39, 0.29) is 6.04 Å². The summed E-state index contributed by atoms with van der Waals surface area (Å²) in [5.74, 6) is 2.34. The summed E-state index contributed by atoms with van der Waals surface area (Å²) in [6, 6.07) is 6.03. The van der Waals surface area contributed by atoms with Gasteiger partial charge in [-0.15, -0.1) is 0 Å². The lowest BCUT2D eigenvalue weighted by Crippen LogP contribution is -2.23. The first-order valence-corrected chi connectivity index (χ1v) is 8.11. The van der Waals surface area contributed by atoms with Crippen molar-refractivity contribution >= 4 is 0 Å². The molecule has 0 N–H and O–H groups in total. The molecule has 128 valence electrons. The van der Waals surface area contributed by atoms with Gasteiger partial charge >= 0.3 is 0 Å². The number of benzene rings is 1. The van der Waals surface area contributed by atoms with Gasteiger partial charge in [0.15, 0.2) is 11.5 Å². The molecule has 2 heterocycles. The lowest BCUT2D eigenvalue weighted by molar-refractivity contribution is 0.243. The molecule has 0 fully saturated rings. The van der Waals surface area contributed by atoms with Crippen molar-refractivity contribution in [1.82, 2.24) is 14.9 Å². The molecule has 1 aliphatic rings. The number of hydrogen-bond donors (Lipinski definition) is 0. The molecule has 0 saturated heterocycles. The van der Waals surface area contributed by atoms with E-state index in [0.29, 0.717) is 19.8 Å². The molecule has 0 bridgehead atoms. The maximum absolute atomic E-state index is 5.80. The van der Waals surface area contributed by atoms with E-state index in [2.05, 4.69) is 28.8 Å². The first-order chi connectivity index (χ1) is 11.7. The number of nitrogens with zero attached hydrogens (tertiary/aromatic N) is 3. The Morgan fingerprint density at radius 2 is 2.00 bits per heavy atom. The van der Waals surface area contributed by atoms with E-state index in [1.54, 1.807) is 19.6 Å². The zero-order chi connectivity index (χ0) is 16.9. The fourth-order valence-corrected chi connectivity index (χ4v) is 2.73. The predicted molar refractivity (Wildman–Crippen MR) is 90.5 cm³/mol. The highest BCUT2D eigenvalue weighted by molar-refractivity contribution is 5.51. The number of fused-ring (bicyclic) bond motifs is 1. The average Bonchev–Trinajstić information content (AvgIpc) is 2.85. The maximum Gasteiger partial charge on any atom is 0.164 e. The van der Waals surface area contributed by atoms with E-state index in [9.17, 15) is 0 Å². The molecule has 6 heteroatoms. The van der Waals surface area contributed by atoms with Crippen LogP contribution in [-0.2, 0) is 6.54 Å². The molecule has 0 amide bonds. The van der Waals surface area contributed by atoms with Gasteiger partial charge in [-0.05, 0) is 26.1 Å². The minimum absolute atomic E-state index is 0.161. The van der Waals surface area contributed by atoms with Crippen LogP contribution >= 0.6 is 0 Å². The third-order valence-corrected chi connectivity index (χ3v) is 4.26. The van der Waals surface area contributed by atoms with E-state index < -0.39 is 0 Å². The van der Waals surface area contributed by atoms with Crippen molar-refractivity contribution in [2.75, 3.05) is 27.4 Å². The molecule has 1 atom stereocenters. The molecule has 1 aliphatic heterocycles. The average molecular weight is 329 g/mol. The number of hydrogen-bond acceptors (Lipinski definition) is 6. The van der Waals surface area contributed by atoms with E-state index in [0.717, 1.165) is 34.9 Å². The van der Waals surface area contributed by atoms with Gasteiger partial charge in [-0.25, -0.2) is 9.97 Å². The highest BCUT2D eigenvalue weighted by Gasteiger charge is 2.19. The number of methoxy groups -OCH3 is 1. The van der Waals surface area contributed by atoms with Crippen molar-refractivity contribution in [3.63, 3.8) is 0 Å². The molecule has 2 aromatic rings. The summed E-state index contributed by atoms with van der Waals surface area (Å²) in [7, 11) is 3.74. The molecular formula is C18H23N3O3. The molecule has 3 rings (SSSR count). The van der Waals surface area contributed by atoms with Crippen molar-refractivity contribution in [2.45, 2.75) is 25.9 Å². The van der Waals surface area contributed by atoms with Crippen LogP contribution in [-0.4, -0.2) is 42.2 Å². The van der Waals surface area contributed by atoms with E-state index >= 15 is 0 Å². The van der Waals surface area contributed by atoms with Crippen LogP contribution in [0, 0.1) is 0 Å². The molecule has 1 aromatic heterocycles. The summed E-state index contributed by atoms with van der Waals surface area (Å²) in [5, 5.41) is 0. The van der Waals surface area contributed by atoms with Crippen LogP contribution in [0.15, 0.2) is 30.7 Å². The number of ether oxygens (including phenoxy) is 3. The highest BCUT2D eigenvalue weighted by Crippen LogP contribution is 2.37. The normalized spacial score (nSPS) is 15.0. The van der Waals surface area contributed by atoms with E-state index in [1.165, 1.54) is 0 Å². The smallest absolute Gasteiger partial charge is 0.164 e. The van der Waals surface area contributed by atoms with Crippen LogP contribution in [0.3, 0.4) is 0 Å². The Labute approximate surface area is 142 Å². The van der Waals surface area contributed by atoms with Crippen LogP contribution < -0.4 is 14.2 Å². The van der Waals surface area contributed by atoms with Gasteiger partial charge in [-0.3, -0.25) is 4.90 Å². The molecule has 24 heavy (non-hydrogen) atoms. The SMILES string of the molecule is COc1cc2c(cc1CN(C)[C@H](C)c1ccncn1)OCCCO2. The van der Waals surface area contributed by atoms with Crippen molar-refractivity contribution in [1.29, 1.82) is 0 Å². The first kappa shape index (κ1) is 16.5. The third-order valence-electron chi connectivity index (χ3n) is 4.26. The van der Waals surface area contributed by atoms with Gasteiger partial charge in [0.2, 0.25) is 0 Å². The van der Waals surface area contributed by atoms with Gasteiger partial charge in [-0.1, -0.05) is 0 Å². The van der Waals surface area contributed by atoms with Gasteiger partial charge in [-0.2, -0.15) is 0 Å². The lowest BCUT2D eigenvalue weighted by atomic mass is 10.1. The van der Waals surface area contributed by atoms with Gasteiger partial charge in [0, 0.05) is 36.8 Å². The van der Waals surface area contributed by atoms with Crippen LogP contribution in [0.25, 0.3) is 0 Å². The second-order valence-corrected chi connectivity index (χ2v) is 5.89. The van der Waals surface area contributed by atoms with Gasteiger partial charge < -0.3 is 14.2 Å². The molecular weight excluding hydrogens is 306 g/mol. The quantitative estimate of drug-likeness (QED) is 0.841. The molecule has 0 unspecified atom stereocenters. The molecule has 0 aliphatic carbocycles. The molecule has 6 nitrogen and oxygen atoms in total. The Bertz CT molecular complexity index is 679. The van der Waals surface area contributed by atoms with Crippen molar-refractivity contribution in [3.8, 4) is 17.2 Å². The van der Waals surface area contributed by atoms with Crippen molar-refractivity contribution in [2.24, 2.45) is 0 Å². The largest absolute Gasteiger partial charge is 0.496 e. The van der Waals surface area contributed by atoms with E-state index in [4.69, 9.17) is 14.2 Å². The first-order valence-electron chi connectivity index (χ1n) is 8.11. The zero-order valence-corrected chi connectivity index (χ0v) is 14.4. The summed E-state index contributed by atoms with van der Waals surface area (Å²) in [4.78, 5) is 10.5. The topological polar surface area (TPSA) is 56.7 Å². The summed E-state index contributed by atoms with van der Waals surface area (Å²) in [5.41, 5.74) is 2.05. The molecule has 1 aromatic carbocycles. The summed E-state index contributed by atoms with van der Waals surface area (Å²) in [6.45, 7) is 4.18. The zero-order valence-electron chi connectivity index (χ0n) is 14.4. The predicted octanol–water partition coefficient (Wildman–Crippen LogP) is 2.84. The Hall–Kier alpha value is -2.34. The van der Waals surface area contributed by atoms with Gasteiger partial charge in [0.1, 0.15) is 12.1 Å². The maximum atomic E-state index is 5.80. The molecule has 0 saturated carbocycles. The van der Waals surface area contributed by atoms with E-state index in [1.807, 2.05) is 18.2 Å². The Balaban J connectivity index is 1.82. The second-order valence-electron chi connectivity index (χ2n) is 5.89. The monoisotopic (exact) mass is 329 g/mol. The highest BCUT2D eigenvalue weighted by atomic mass is 16.5. The van der Waals surface area contributed by atoms with Crippen LogP contribution in [0.5, 0.6) is 17.2 Å². The van der Waals surface area contributed by atoms with Crippen LogP contribution in [0.1, 0.15) is 30.6 Å². The lowest BCUT2D eigenvalue weighted by Gasteiger charge is -2.25. The second kappa shape index (κ2) is 7.49. The Morgan fingerprint density at radius 3 is 2.67 bits per heavy atom. The summed E-state index contributed by atoms with van der Waals surface area (Å²) in [6.07, 6.45) is 4.23. The fourth-order valence-electron chi connectivity index (χ4n) is 2.73. The van der Waals surface area contributed by atoms with Crippen molar-refractivity contribution < 1.29 is 14.2 Å². The number of aromatic nitrogens is 2.